The van der Waals surface area contributed by atoms with Crippen molar-refractivity contribution in [3.05, 3.63) is 76.0 Å². The molecule has 0 aliphatic carbocycles. The number of sulfonamides is 1. The Kier molecular flexibility index (Phi) is 9.47. The number of para-hydroxylation sites is 1. The molecule has 0 radical (unpaired) electrons. The van der Waals surface area contributed by atoms with E-state index < -0.39 is 10.0 Å². The van der Waals surface area contributed by atoms with Crippen LogP contribution in [0.4, 0.5) is 5.82 Å². The van der Waals surface area contributed by atoms with Gasteiger partial charge in [0.05, 0.1) is 17.0 Å². The fourth-order valence-corrected chi connectivity index (χ4v) is 8.38. The minimum atomic E-state index is -3.55. The van der Waals surface area contributed by atoms with Crippen LogP contribution in [0, 0.1) is 0 Å². The maximum absolute atomic E-state index is 13.5. The maximum Gasteiger partial charge on any atom is 0.252 e. The van der Waals surface area contributed by atoms with Crippen LogP contribution >= 0.6 is 11.3 Å². The Balaban J connectivity index is 1.19. The molecule has 8 nitrogen and oxygen atoms in total. The second kappa shape index (κ2) is 13.1. The lowest BCUT2D eigenvalue weighted by atomic mass is 10.0. The summed E-state index contributed by atoms with van der Waals surface area (Å²) in [5.41, 5.74) is 5.70. The van der Waals surface area contributed by atoms with Crippen LogP contribution in [0.1, 0.15) is 56.9 Å². The van der Waals surface area contributed by atoms with Crippen molar-refractivity contribution in [1.82, 2.24) is 19.2 Å². The van der Waals surface area contributed by atoms with E-state index in [4.69, 9.17) is 4.74 Å². The van der Waals surface area contributed by atoms with E-state index in [9.17, 15) is 8.42 Å². The van der Waals surface area contributed by atoms with Gasteiger partial charge in [0.25, 0.3) is 10.0 Å². The fourth-order valence-electron chi connectivity index (χ4n) is 5.43. The number of aromatic nitrogens is 2. The first-order chi connectivity index (χ1) is 20.1. The Morgan fingerprint density at radius 3 is 2.69 bits per heavy atom. The molecule has 1 atom stereocenters. The van der Waals surface area contributed by atoms with Gasteiger partial charge in [-0.05, 0) is 95.5 Å². The third-order valence-corrected chi connectivity index (χ3v) is 11.3. The van der Waals surface area contributed by atoms with Gasteiger partial charge in [0, 0.05) is 31.1 Å². The number of benzene rings is 1. The van der Waals surface area contributed by atoms with Gasteiger partial charge in [-0.2, -0.15) is 4.31 Å². The summed E-state index contributed by atoms with van der Waals surface area (Å²) in [4.78, 5) is 12.1. The number of nitrogens with one attached hydrogen (secondary N) is 1. The Hall–Kier alpha value is -3.05. The van der Waals surface area contributed by atoms with Crippen molar-refractivity contribution in [3.8, 4) is 0 Å². The molecule has 224 valence electrons. The molecule has 0 unspecified atom stereocenters. The molecule has 2 aliphatic heterocycles. The molecule has 5 rings (SSSR count). The summed E-state index contributed by atoms with van der Waals surface area (Å²) in [7, 11) is 0.563. The van der Waals surface area contributed by atoms with Gasteiger partial charge >= 0.3 is 0 Å². The summed E-state index contributed by atoms with van der Waals surface area (Å²) < 4.78 is 35.0. The molecule has 1 fully saturated rings. The second-order valence-electron chi connectivity index (χ2n) is 11.4. The molecule has 1 N–H and O–H groups in total. The second-order valence-corrected chi connectivity index (χ2v) is 14.7. The molecule has 1 saturated heterocycles. The number of hydrogen-bond donors (Lipinski definition) is 1. The van der Waals surface area contributed by atoms with Crippen LogP contribution in [-0.4, -0.2) is 67.4 Å². The van der Waals surface area contributed by atoms with Crippen LogP contribution in [0.25, 0.3) is 16.7 Å². The number of thiophene rings is 1. The summed E-state index contributed by atoms with van der Waals surface area (Å²) in [5, 5.41) is 4.59. The molecule has 0 spiro atoms. The van der Waals surface area contributed by atoms with Gasteiger partial charge in [0.15, 0.2) is 0 Å². The lowest BCUT2D eigenvalue weighted by Crippen LogP contribution is -2.36. The average Bonchev–Trinajstić information content (AvgIpc) is 3.41. The highest BCUT2D eigenvalue weighted by molar-refractivity contribution is 7.91. The molecule has 2 aliphatic rings. The highest BCUT2D eigenvalue weighted by Crippen LogP contribution is 2.35. The van der Waals surface area contributed by atoms with Crippen molar-refractivity contribution in [2.45, 2.75) is 63.3 Å². The molecular weight excluding hydrogens is 567 g/mol. The van der Waals surface area contributed by atoms with Gasteiger partial charge in [0.2, 0.25) is 0 Å². The van der Waals surface area contributed by atoms with Crippen LogP contribution in [0.2, 0.25) is 0 Å². The maximum atomic E-state index is 13.5. The van der Waals surface area contributed by atoms with E-state index >= 15 is 0 Å². The van der Waals surface area contributed by atoms with Crippen LogP contribution in [-0.2, 0) is 21.3 Å². The van der Waals surface area contributed by atoms with E-state index in [0.717, 1.165) is 65.2 Å². The van der Waals surface area contributed by atoms with Gasteiger partial charge in [-0.25, -0.2) is 18.4 Å². The van der Waals surface area contributed by atoms with Crippen LogP contribution in [0.15, 0.2) is 69.7 Å². The summed E-state index contributed by atoms with van der Waals surface area (Å²) in [5.74, 6) is 1.64. The Morgan fingerprint density at radius 1 is 1.14 bits per heavy atom. The van der Waals surface area contributed by atoms with Crippen molar-refractivity contribution >= 4 is 43.8 Å². The lowest BCUT2D eigenvalue weighted by molar-refractivity contribution is 0.285. The first-order valence-corrected chi connectivity index (χ1v) is 16.8. The zero-order valence-electron chi connectivity index (χ0n) is 25.2. The third-order valence-electron chi connectivity index (χ3n) is 7.89. The predicted molar refractivity (Wildman–Crippen MR) is 172 cm³/mol. The van der Waals surface area contributed by atoms with E-state index in [-0.39, 0.29) is 6.04 Å². The van der Waals surface area contributed by atoms with E-state index in [0.29, 0.717) is 23.9 Å². The third kappa shape index (κ3) is 6.78. The Morgan fingerprint density at radius 2 is 1.93 bits per heavy atom. The van der Waals surface area contributed by atoms with E-state index in [1.807, 2.05) is 13.0 Å². The topological polar surface area (TPSA) is 87.7 Å². The van der Waals surface area contributed by atoms with Crippen molar-refractivity contribution in [2.75, 3.05) is 39.1 Å². The zero-order chi connectivity index (χ0) is 29.9. The number of fused-ring (bicyclic) bond motifs is 1. The zero-order valence-corrected chi connectivity index (χ0v) is 26.8. The molecule has 0 bridgehead atoms. The van der Waals surface area contributed by atoms with Gasteiger partial charge < -0.3 is 15.0 Å². The lowest BCUT2D eigenvalue weighted by Gasteiger charge is -2.27. The molecule has 10 heteroatoms. The summed E-state index contributed by atoms with van der Waals surface area (Å²) in [6, 6.07) is 10.0. The van der Waals surface area contributed by atoms with Gasteiger partial charge in [-0.15, -0.1) is 11.3 Å². The van der Waals surface area contributed by atoms with Gasteiger partial charge in [0.1, 0.15) is 22.1 Å². The molecule has 42 heavy (non-hydrogen) atoms. The van der Waals surface area contributed by atoms with E-state index in [1.165, 1.54) is 28.0 Å². The van der Waals surface area contributed by atoms with Crippen molar-refractivity contribution in [1.29, 1.82) is 0 Å². The summed E-state index contributed by atoms with van der Waals surface area (Å²) >= 11 is 1.30. The van der Waals surface area contributed by atoms with Crippen LogP contribution in [0.3, 0.4) is 0 Å². The monoisotopic (exact) mass is 607 g/mol. The average molecular weight is 608 g/mol. The van der Waals surface area contributed by atoms with Crippen molar-refractivity contribution in [2.24, 2.45) is 0 Å². The molecule has 2 aromatic heterocycles. The molecule has 4 heterocycles. The first-order valence-electron chi connectivity index (χ1n) is 14.6. The number of hydrogen-bond acceptors (Lipinski definition) is 8. The Bertz CT molecular complexity index is 1630. The molecule has 1 aromatic carbocycles. The van der Waals surface area contributed by atoms with Crippen LogP contribution < -0.4 is 5.32 Å². The smallest absolute Gasteiger partial charge is 0.252 e. The number of allylic oxidation sites excluding steroid dienone is 2. The number of rotatable bonds is 9. The minimum absolute atomic E-state index is 0.168. The van der Waals surface area contributed by atoms with E-state index in [1.54, 1.807) is 16.7 Å². The number of ether oxygens (including phenoxy) is 1. The van der Waals surface area contributed by atoms with E-state index in [2.05, 4.69) is 78.5 Å². The highest BCUT2D eigenvalue weighted by atomic mass is 32.2. The Labute approximate surface area is 253 Å². The molecular formula is C32H41N5O3S2. The molecule has 0 amide bonds. The highest BCUT2D eigenvalue weighted by Gasteiger charge is 2.29. The number of anilines is 1. The first kappa shape index (κ1) is 30.4. The summed E-state index contributed by atoms with van der Waals surface area (Å²) in [6.45, 7) is 8.67. The molecule has 0 saturated carbocycles. The van der Waals surface area contributed by atoms with Gasteiger partial charge in [-0.3, -0.25) is 0 Å². The predicted octanol–water partition coefficient (Wildman–Crippen LogP) is 6.45. The minimum Gasteiger partial charge on any atom is -0.491 e. The number of nitrogens with zero attached hydrogens (tertiary/aromatic N) is 4. The molecule has 3 aromatic rings. The summed E-state index contributed by atoms with van der Waals surface area (Å²) in [6.07, 6.45) is 9.24. The normalized spacial score (nSPS) is 17.7. The fraction of sp³-hybridized carbons (Fsp3) is 0.438. The van der Waals surface area contributed by atoms with Crippen molar-refractivity contribution in [3.63, 3.8) is 0 Å². The largest absolute Gasteiger partial charge is 0.491 e. The van der Waals surface area contributed by atoms with Gasteiger partial charge in [-0.1, -0.05) is 29.9 Å². The van der Waals surface area contributed by atoms with Crippen molar-refractivity contribution < 1.29 is 13.2 Å². The van der Waals surface area contributed by atoms with Crippen LogP contribution in [0.5, 0.6) is 0 Å². The number of piperidine rings is 1. The quantitative estimate of drug-likeness (QED) is 0.280. The SMILES string of the molecule is CC1=CCCOC(c2ccc(S(=O)(=O)N3CCC(=CC[C@H](C)Nc4ncnc5c(CN(C)C)cccc45)CC3)s2)=C1C. The standard InChI is InChI=1S/C32H41N5O3S2/c1-22-8-7-19-40-31(24(22)3)28-13-14-29(41-28)42(38,39)37-17-15-25(16-18-37)12-11-23(2)35-32-27-10-6-9-26(20-36(4)5)30(27)33-21-34-32/h6,8-10,12-14,21,23H,7,11,15-20H2,1-5H3,(H,33,34,35)/t23-/m0/s1.